The Bertz CT molecular complexity index is 809. The molecule has 0 bridgehead atoms. The summed E-state index contributed by atoms with van der Waals surface area (Å²) >= 11 is 0. The van der Waals surface area contributed by atoms with E-state index in [0.717, 1.165) is 38.5 Å². The molecule has 2 N–H and O–H groups in total. The molecule has 5 rings (SSSR count). The fraction of sp³-hybridized carbons (Fsp3) is 0.615. The highest BCUT2D eigenvalue weighted by Gasteiger charge is 2.59. The van der Waals surface area contributed by atoms with E-state index in [0.29, 0.717) is 17.8 Å². The highest BCUT2D eigenvalue weighted by atomic mass is 16.3. The molecule has 0 amide bonds. The smallest absolute Gasteiger partial charge is 0.0809 e. The van der Waals surface area contributed by atoms with E-state index >= 15 is 0 Å². The van der Waals surface area contributed by atoms with Gasteiger partial charge in [0.25, 0.3) is 0 Å². The molecular weight excluding hydrogens is 344 g/mol. The molecule has 0 heterocycles. The number of fused-ring (bicyclic) bond motifs is 5. The lowest BCUT2D eigenvalue weighted by Crippen LogP contribution is -2.51. The van der Waals surface area contributed by atoms with Crippen LogP contribution in [0.5, 0.6) is 0 Å². The third-order valence-electron chi connectivity index (χ3n) is 9.10. The Balaban J connectivity index is 1.47. The first-order valence-corrected chi connectivity index (χ1v) is 11.2. The summed E-state index contributed by atoms with van der Waals surface area (Å²) < 4.78 is 0. The minimum absolute atomic E-state index is 0.0116. The van der Waals surface area contributed by atoms with Gasteiger partial charge in [0.05, 0.1) is 12.2 Å². The zero-order valence-corrected chi connectivity index (χ0v) is 17.3. The van der Waals surface area contributed by atoms with Gasteiger partial charge in [-0.25, -0.2) is 0 Å². The van der Waals surface area contributed by atoms with Gasteiger partial charge in [-0.1, -0.05) is 61.9 Å². The molecule has 0 saturated heterocycles. The minimum Gasteiger partial charge on any atom is -0.393 e. The van der Waals surface area contributed by atoms with E-state index in [-0.39, 0.29) is 23.0 Å². The molecule has 2 heteroatoms. The summed E-state index contributed by atoms with van der Waals surface area (Å²) in [5.41, 5.74) is 4.24. The maximum atomic E-state index is 11.3. The first-order chi connectivity index (χ1) is 13.4. The second-order valence-corrected chi connectivity index (χ2v) is 10.4. The molecule has 7 atom stereocenters. The normalized spacial score (nSPS) is 46.5. The van der Waals surface area contributed by atoms with Crippen molar-refractivity contribution in [1.82, 2.24) is 0 Å². The number of hydrogen-bond donors (Lipinski definition) is 2. The lowest BCUT2D eigenvalue weighted by molar-refractivity contribution is -0.0685. The van der Waals surface area contributed by atoms with Crippen molar-refractivity contribution in [3.63, 3.8) is 0 Å². The highest BCUT2D eigenvalue weighted by molar-refractivity contribution is 5.55. The standard InChI is InChI=1S/C26H34O2/c1-25-12-10-20(27)16-19(25)8-9-21-22(25)11-13-26(2)23(21)15-18(24(26)28)14-17-6-4-3-5-7-17/h3-8,14,20-24,27-28H,9-13,15-16H2,1-2H3. The van der Waals surface area contributed by atoms with E-state index in [1.807, 2.05) is 6.07 Å². The van der Waals surface area contributed by atoms with Crippen molar-refractivity contribution in [2.75, 3.05) is 0 Å². The van der Waals surface area contributed by atoms with Crippen molar-refractivity contribution in [3.8, 4) is 0 Å². The number of aliphatic hydroxyl groups excluding tert-OH is 2. The van der Waals surface area contributed by atoms with Crippen LogP contribution in [-0.2, 0) is 0 Å². The molecular formula is C26H34O2. The highest BCUT2D eigenvalue weighted by Crippen LogP contribution is 2.65. The summed E-state index contributed by atoms with van der Waals surface area (Å²) in [5.74, 6) is 1.94. The third kappa shape index (κ3) is 2.68. The summed E-state index contributed by atoms with van der Waals surface area (Å²) in [6.45, 7) is 4.81. The van der Waals surface area contributed by atoms with E-state index in [1.54, 1.807) is 0 Å². The van der Waals surface area contributed by atoms with Crippen LogP contribution in [-0.4, -0.2) is 22.4 Å². The van der Waals surface area contributed by atoms with Crippen molar-refractivity contribution in [3.05, 3.63) is 53.1 Å². The average Bonchev–Trinajstić information content (AvgIpc) is 2.94. The first-order valence-electron chi connectivity index (χ1n) is 11.2. The lowest BCUT2D eigenvalue weighted by atomic mass is 9.48. The molecule has 0 aromatic heterocycles. The summed E-state index contributed by atoms with van der Waals surface area (Å²) in [4.78, 5) is 0. The van der Waals surface area contributed by atoms with Crippen LogP contribution in [0.2, 0.25) is 0 Å². The van der Waals surface area contributed by atoms with Gasteiger partial charge in [0.2, 0.25) is 0 Å². The second-order valence-electron chi connectivity index (χ2n) is 10.4. The minimum atomic E-state index is -0.315. The van der Waals surface area contributed by atoms with E-state index in [9.17, 15) is 10.2 Å². The van der Waals surface area contributed by atoms with Gasteiger partial charge >= 0.3 is 0 Å². The molecule has 4 aliphatic carbocycles. The maximum absolute atomic E-state index is 11.3. The molecule has 0 aliphatic heterocycles. The van der Waals surface area contributed by atoms with Gasteiger partial charge in [0.1, 0.15) is 0 Å². The first kappa shape index (κ1) is 18.6. The van der Waals surface area contributed by atoms with E-state index in [2.05, 4.69) is 50.3 Å². The van der Waals surface area contributed by atoms with Crippen LogP contribution in [0.4, 0.5) is 0 Å². The summed E-state index contributed by atoms with van der Waals surface area (Å²) in [7, 11) is 0. The van der Waals surface area contributed by atoms with Crippen LogP contribution in [0.3, 0.4) is 0 Å². The molecule has 150 valence electrons. The largest absolute Gasteiger partial charge is 0.393 e. The molecule has 0 spiro atoms. The number of benzene rings is 1. The fourth-order valence-electron chi connectivity index (χ4n) is 7.40. The van der Waals surface area contributed by atoms with Crippen LogP contribution < -0.4 is 0 Å². The molecule has 0 radical (unpaired) electrons. The van der Waals surface area contributed by atoms with Crippen molar-refractivity contribution in [1.29, 1.82) is 0 Å². The Morgan fingerprint density at radius 1 is 0.964 bits per heavy atom. The van der Waals surface area contributed by atoms with Gasteiger partial charge in [-0.3, -0.25) is 0 Å². The van der Waals surface area contributed by atoms with Crippen molar-refractivity contribution < 1.29 is 10.2 Å². The van der Waals surface area contributed by atoms with Crippen molar-refractivity contribution in [2.45, 2.75) is 71.0 Å². The lowest BCUT2D eigenvalue weighted by Gasteiger charge is -2.57. The predicted octanol–water partition coefficient (Wildman–Crippen LogP) is 5.36. The molecule has 7 unspecified atom stereocenters. The SMILES string of the molecule is CC12CCC(O)CC1=CCC1C2CCC2(C)C(O)C(=Cc3ccccc3)CC12. The molecule has 3 fully saturated rings. The molecule has 1 aromatic carbocycles. The Labute approximate surface area is 169 Å². The average molecular weight is 379 g/mol. The Morgan fingerprint density at radius 3 is 2.54 bits per heavy atom. The zero-order chi connectivity index (χ0) is 19.5. The number of rotatable bonds is 1. The Kier molecular flexibility index (Phi) is 4.37. The second kappa shape index (κ2) is 6.57. The molecule has 4 aliphatic rings. The third-order valence-corrected chi connectivity index (χ3v) is 9.10. The molecule has 3 saturated carbocycles. The maximum Gasteiger partial charge on any atom is 0.0809 e. The van der Waals surface area contributed by atoms with E-state index < -0.39 is 0 Å². The molecule has 2 nitrogen and oxygen atoms in total. The quantitative estimate of drug-likeness (QED) is 0.646. The predicted molar refractivity (Wildman–Crippen MR) is 114 cm³/mol. The zero-order valence-electron chi connectivity index (χ0n) is 17.3. The van der Waals surface area contributed by atoms with Crippen LogP contribution in [0.25, 0.3) is 6.08 Å². The van der Waals surface area contributed by atoms with Crippen molar-refractivity contribution in [2.24, 2.45) is 28.6 Å². The van der Waals surface area contributed by atoms with Gasteiger partial charge in [0, 0.05) is 5.41 Å². The Morgan fingerprint density at radius 2 is 1.75 bits per heavy atom. The van der Waals surface area contributed by atoms with Crippen LogP contribution in [0.1, 0.15) is 64.4 Å². The summed E-state index contributed by atoms with van der Waals surface area (Å²) in [6.07, 6.45) is 11.7. The molecule has 1 aromatic rings. The number of aliphatic hydroxyl groups is 2. The Hall–Kier alpha value is -1.38. The van der Waals surface area contributed by atoms with E-state index in [4.69, 9.17) is 0 Å². The number of hydrogen-bond acceptors (Lipinski definition) is 2. The van der Waals surface area contributed by atoms with Gasteiger partial charge in [-0.05, 0) is 79.3 Å². The monoisotopic (exact) mass is 378 g/mol. The van der Waals surface area contributed by atoms with Gasteiger partial charge in [0.15, 0.2) is 0 Å². The van der Waals surface area contributed by atoms with Crippen LogP contribution in [0.15, 0.2) is 47.6 Å². The topological polar surface area (TPSA) is 40.5 Å². The van der Waals surface area contributed by atoms with Crippen LogP contribution in [0, 0.1) is 28.6 Å². The van der Waals surface area contributed by atoms with Gasteiger partial charge < -0.3 is 10.2 Å². The van der Waals surface area contributed by atoms with Crippen molar-refractivity contribution >= 4 is 6.08 Å². The van der Waals surface area contributed by atoms with Gasteiger partial charge in [-0.15, -0.1) is 0 Å². The van der Waals surface area contributed by atoms with Gasteiger partial charge in [-0.2, -0.15) is 0 Å². The number of allylic oxidation sites excluding steroid dienone is 1. The summed E-state index contributed by atoms with van der Waals surface area (Å²) in [5, 5.41) is 21.5. The summed E-state index contributed by atoms with van der Waals surface area (Å²) in [6, 6.07) is 10.5. The molecule has 28 heavy (non-hydrogen) atoms. The van der Waals surface area contributed by atoms with Crippen LogP contribution >= 0.6 is 0 Å². The fourth-order valence-corrected chi connectivity index (χ4v) is 7.40. The van der Waals surface area contributed by atoms with E-state index in [1.165, 1.54) is 23.1 Å².